The Labute approximate surface area is 118 Å². The highest BCUT2D eigenvalue weighted by Gasteiger charge is 2.53. The standard InChI is InChI=1S/C14H17N3O2S/c1-17-13(15)9-12(16-17)10-3-5-11(6-4-10)14(7-8-14)20(2,18)19/h3-6,9H,7-8,15H2,1-2H3. The summed E-state index contributed by atoms with van der Waals surface area (Å²) in [4.78, 5) is 0. The molecular weight excluding hydrogens is 274 g/mol. The first-order chi connectivity index (χ1) is 9.33. The van der Waals surface area contributed by atoms with E-state index in [4.69, 9.17) is 5.73 Å². The lowest BCUT2D eigenvalue weighted by Gasteiger charge is -2.13. The van der Waals surface area contributed by atoms with Gasteiger partial charge in [0, 0.05) is 24.9 Å². The molecule has 5 nitrogen and oxygen atoms in total. The van der Waals surface area contributed by atoms with Gasteiger partial charge >= 0.3 is 0 Å². The summed E-state index contributed by atoms with van der Waals surface area (Å²) >= 11 is 0. The lowest BCUT2D eigenvalue weighted by atomic mass is 10.1. The molecule has 1 aliphatic rings. The molecule has 2 N–H and O–H groups in total. The molecule has 0 unspecified atom stereocenters. The second kappa shape index (κ2) is 4.09. The first-order valence-corrected chi connectivity index (χ1v) is 8.33. The third-order valence-corrected chi connectivity index (χ3v) is 6.10. The molecule has 1 aromatic heterocycles. The SMILES string of the molecule is Cn1nc(-c2ccc(C3(S(C)(=O)=O)CC3)cc2)cc1N. The van der Waals surface area contributed by atoms with E-state index < -0.39 is 14.6 Å². The molecule has 2 aromatic rings. The van der Waals surface area contributed by atoms with E-state index in [1.54, 1.807) is 17.8 Å². The molecule has 0 radical (unpaired) electrons. The van der Waals surface area contributed by atoms with Crippen molar-refractivity contribution in [2.75, 3.05) is 12.0 Å². The minimum atomic E-state index is -3.06. The van der Waals surface area contributed by atoms with Crippen LogP contribution in [0.4, 0.5) is 5.82 Å². The van der Waals surface area contributed by atoms with Crippen LogP contribution in [0.25, 0.3) is 11.3 Å². The summed E-state index contributed by atoms with van der Waals surface area (Å²) in [5, 5.41) is 4.31. The lowest BCUT2D eigenvalue weighted by molar-refractivity contribution is 0.586. The van der Waals surface area contributed by atoms with Crippen molar-refractivity contribution in [2.24, 2.45) is 7.05 Å². The third-order valence-electron chi connectivity index (χ3n) is 4.04. The van der Waals surface area contributed by atoms with Gasteiger partial charge in [0.25, 0.3) is 0 Å². The van der Waals surface area contributed by atoms with Crippen LogP contribution in [0, 0.1) is 0 Å². The monoisotopic (exact) mass is 291 g/mol. The van der Waals surface area contributed by atoms with Crippen molar-refractivity contribution in [2.45, 2.75) is 17.6 Å². The maximum atomic E-state index is 11.9. The molecule has 3 rings (SSSR count). The summed E-state index contributed by atoms with van der Waals surface area (Å²) in [6, 6.07) is 9.38. The normalized spacial score (nSPS) is 17.1. The zero-order valence-electron chi connectivity index (χ0n) is 11.5. The number of benzene rings is 1. The minimum absolute atomic E-state index is 0.596. The Morgan fingerprint density at radius 3 is 2.25 bits per heavy atom. The number of sulfone groups is 1. The number of rotatable bonds is 3. The molecular formula is C14H17N3O2S. The fourth-order valence-electron chi connectivity index (χ4n) is 2.55. The van der Waals surface area contributed by atoms with E-state index in [2.05, 4.69) is 5.10 Å². The zero-order chi connectivity index (χ0) is 14.5. The molecule has 20 heavy (non-hydrogen) atoms. The summed E-state index contributed by atoms with van der Waals surface area (Å²) in [6.07, 6.45) is 2.73. The van der Waals surface area contributed by atoms with Crippen molar-refractivity contribution in [1.29, 1.82) is 0 Å². The second-order valence-electron chi connectivity index (χ2n) is 5.42. The number of nitrogens with two attached hydrogens (primary N) is 1. The van der Waals surface area contributed by atoms with Gasteiger partial charge in [-0.15, -0.1) is 0 Å². The van der Waals surface area contributed by atoms with Gasteiger partial charge in [-0.05, 0) is 18.4 Å². The van der Waals surface area contributed by atoms with Gasteiger partial charge in [-0.2, -0.15) is 5.10 Å². The summed E-state index contributed by atoms with van der Waals surface area (Å²) in [5.41, 5.74) is 8.36. The average Bonchev–Trinajstić information content (AvgIpc) is 3.13. The summed E-state index contributed by atoms with van der Waals surface area (Å²) in [7, 11) is -1.28. The van der Waals surface area contributed by atoms with E-state index in [1.807, 2.05) is 24.3 Å². The van der Waals surface area contributed by atoms with Crippen LogP contribution in [0.2, 0.25) is 0 Å². The van der Waals surface area contributed by atoms with Crippen LogP contribution in [0.3, 0.4) is 0 Å². The van der Waals surface area contributed by atoms with Crippen LogP contribution in [0.15, 0.2) is 30.3 Å². The van der Waals surface area contributed by atoms with Crippen LogP contribution >= 0.6 is 0 Å². The molecule has 106 valence electrons. The van der Waals surface area contributed by atoms with Crippen LogP contribution in [-0.4, -0.2) is 24.5 Å². The maximum Gasteiger partial charge on any atom is 0.157 e. The van der Waals surface area contributed by atoms with Crippen molar-refractivity contribution in [3.8, 4) is 11.3 Å². The van der Waals surface area contributed by atoms with Crippen molar-refractivity contribution in [3.63, 3.8) is 0 Å². The Morgan fingerprint density at radius 2 is 1.85 bits per heavy atom. The number of hydrogen-bond donors (Lipinski definition) is 1. The predicted octanol–water partition coefficient (Wildman–Crippen LogP) is 1.70. The zero-order valence-corrected chi connectivity index (χ0v) is 12.3. The van der Waals surface area contributed by atoms with Crippen LogP contribution in [0.1, 0.15) is 18.4 Å². The number of nitrogen functional groups attached to an aromatic ring is 1. The van der Waals surface area contributed by atoms with E-state index >= 15 is 0 Å². The van der Waals surface area contributed by atoms with E-state index in [0.717, 1.165) is 16.8 Å². The Balaban J connectivity index is 1.97. The molecule has 1 heterocycles. The van der Waals surface area contributed by atoms with Crippen molar-refractivity contribution < 1.29 is 8.42 Å². The largest absolute Gasteiger partial charge is 0.384 e. The quantitative estimate of drug-likeness (QED) is 0.933. The topological polar surface area (TPSA) is 78.0 Å². The summed E-state index contributed by atoms with van der Waals surface area (Å²) < 4.78 is 24.7. The Morgan fingerprint density at radius 1 is 1.25 bits per heavy atom. The van der Waals surface area contributed by atoms with Gasteiger partial charge in [0.1, 0.15) is 5.82 Å². The molecule has 0 spiro atoms. The molecule has 1 aromatic carbocycles. The van der Waals surface area contributed by atoms with Crippen molar-refractivity contribution in [3.05, 3.63) is 35.9 Å². The molecule has 0 saturated heterocycles. The van der Waals surface area contributed by atoms with Crippen molar-refractivity contribution >= 4 is 15.7 Å². The van der Waals surface area contributed by atoms with Crippen LogP contribution in [-0.2, 0) is 21.6 Å². The second-order valence-corrected chi connectivity index (χ2v) is 7.75. The number of nitrogens with zero attached hydrogens (tertiary/aromatic N) is 2. The van der Waals surface area contributed by atoms with Gasteiger partial charge in [-0.25, -0.2) is 8.42 Å². The Kier molecular flexibility index (Phi) is 2.69. The number of aryl methyl sites for hydroxylation is 1. The number of anilines is 1. The number of aromatic nitrogens is 2. The lowest BCUT2D eigenvalue weighted by Crippen LogP contribution is -2.19. The Bertz CT molecular complexity index is 737. The van der Waals surface area contributed by atoms with E-state index in [9.17, 15) is 8.42 Å². The molecule has 0 amide bonds. The first kappa shape index (κ1) is 13.2. The molecule has 1 aliphatic carbocycles. The van der Waals surface area contributed by atoms with E-state index in [1.165, 1.54) is 6.26 Å². The van der Waals surface area contributed by atoms with Crippen molar-refractivity contribution in [1.82, 2.24) is 9.78 Å². The summed E-state index contributed by atoms with van der Waals surface area (Å²) in [5.74, 6) is 0.596. The van der Waals surface area contributed by atoms with Gasteiger partial charge in [-0.1, -0.05) is 24.3 Å². The smallest absolute Gasteiger partial charge is 0.157 e. The highest BCUT2D eigenvalue weighted by atomic mass is 32.2. The molecule has 6 heteroatoms. The molecule has 0 aliphatic heterocycles. The predicted molar refractivity (Wildman–Crippen MR) is 78.8 cm³/mol. The summed E-state index contributed by atoms with van der Waals surface area (Å²) in [6.45, 7) is 0. The van der Waals surface area contributed by atoms with Gasteiger partial charge in [0.15, 0.2) is 9.84 Å². The highest BCUT2D eigenvalue weighted by Crippen LogP contribution is 2.52. The molecule has 1 saturated carbocycles. The third kappa shape index (κ3) is 1.91. The number of hydrogen-bond acceptors (Lipinski definition) is 4. The van der Waals surface area contributed by atoms with Gasteiger partial charge in [-0.3, -0.25) is 4.68 Å². The fourth-order valence-corrected chi connectivity index (χ4v) is 3.96. The van der Waals surface area contributed by atoms with Gasteiger partial charge < -0.3 is 5.73 Å². The van der Waals surface area contributed by atoms with Crippen LogP contribution in [0.5, 0.6) is 0 Å². The molecule has 0 atom stereocenters. The average molecular weight is 291 g/mol. The molecule has 0 bridgehead atoms. The Hall–Kier alpha value is -1.82. The molecule has 1 fully saturated rings. The first-order valence-electron chi connectivity index (χ1n) is 6.43. The van der Waals surface area contributed by atoms with Gasteiger partial charge in [0.2, 0.25) is 0 Å². The minimum Gasteiger partial charge on any atom is -0.384 e. The highest BCUT2D eigenvalue weighted by molar-refractivity contribution is 7.92. The van der Waals surface area contributed by atoms with Gasteiger partial charge in [0.05, 0.1) is 10.4 Å². The van der Waals surface area contributed by atoms with E-state index in [-0.39, 0.29) is 0 Å². The maximum absolute atomic E-state index is 11.9. The van der Waals surface area contributed by atoms with E-state index in [0.29, 0.717) is 18.7 Å². The van der Waals surface area contributed by atoms with Crippen LogP contribution < -0.4 is 5.73 Å². The fraction of sp³-hybridized carbons (Fsp3) is 0.357.